The van der Waals surface area contributed by atoms with Crippen molar-refractivity contribution in [2.75, 3.05) is 23.4 Å². The molecule has 0 unspecified atom stereocenters. The van der Waals surface area contributed by atoms with Crippen LogP contribution >= 0.6 is 0 Å². The lowest BCUT2D eigenvalue weighted by Gasteiger charge is -2.20. The fourth-order valence-corrected chi connectivity index (χ4v) is 1.76. The summed E-state index contributed by atoms with van der Waals surface area (Å²) in [4.78, 5) is 20.5. The zero-order chi connectivity index (χ0) is 14.7. The molecule has 0 spiro atoms. The Bertz CT molecular complexity index is 627. The van der Waals surface area contributed by atoms with Crippen molar-refractivity contribution in [2.45, 2.75) is 6.54 Å². The van der Waals surface area contributed by atoms with E-state index in [4.69, 9.17) is 16.6 Å². The molecule has 0 radical (unpaired) electrons. The van der Waals surface area contributed by atoms with Gasteiger partial charge in [-0.15, -0.1) is 0 Å². The van der Waals surface area contributed by atoms with Gasteiger partial charge in [0.2, 0.25) is 5.95 Å². The number of anilines is 3. The summed E-state index contributed by atoms with van der Waals surface area (Å²) in [5.41, 5.74) is 13.1. The van der Waals surface area contributed by atoms with Gasteiger partial charge in [0.15, 0.2) is 0 Å². The summed E-state index contributed by atoms with van der Waals surface area (Å²) in [6.45, 7) is 0.499. The minimum absolute atomic E-state index is 0.139. The lowest BCUT2D eigenvalue weighted by molar-refractivity contribution is 0.0697. The van der Waals surface area contributed by atoms with Crippen LogP contribution in [-0.2, 0) is 6.54 Å². The van der Waals surface area contributed by atoms with Gasteiger partial charge < -0.3 is 21.5 Å². The molecule has 0 atom stereocenters. The largest absolute Gasteiger partial charge is 0.478 e. The first-order chi connectivity index (χ1) is 9.47. The fraction of sp³-hybridized carbons (Fsp3) is 0.154. The molecule has 0 amide bonds. The summed E-state index contributed by atoms with van der Waals surface area (Å²) >= 11 is 0. The summed E-state index contributed by atoms with van der Waals surface area (Å²) in [5, 5.41) is 8.85. The molecule has 5 N–H and O–H groups in total. The van der Waals surface area contributed by atoms with Crippen LogP contribution in [0.15, 0.2) is 30.5 Å². The highest BCUT2D eigenvalue weighted by Gasteiger charge is 2.08. The summed E-state index contributed by atoms with van der Waals surface area (Å²) in [7, 11) is 1.87. The molecule has 0 aliphatic rings. The molecular weight excluding hydrogens is 258 g/mol. The maximum Gasteiger partial charge on any atom is 0.335 e. The second kappa shape index (κ2) is 5.43. The molecule has 0 fully saturated rings. The van der Waals surface area contributed by atoms with Gasteiger partial charge in [-0.25, -0.2) is 9.78 Å². The highest BCUT2D eigenvalue weighted by atomic mass is 16.4. The van der Waals surface area contributed by atoms with E-state index in [1.807, 2.05) is 11.9 Å². The molecule has 0 bridgehead atoms. The molecule has 1 aromatic heterocycles. The predicted octanol–water partition coefficient (Wildman–Crippen LogP) is 0.976. The Morgan fingerprint density at radius 3 is 2.50 bits per heavy atom. The van der Waals surface area contributed by atoms with E-state index in [1.165, 1.54) is 0 Å². The quantitative estimate of drug-likeness (QED) is 0.759. The monoisotopic (exact) mass is 273 g/mol. The number of nitrogens with zero attached hydrogens (tertiary/aromatic N) is 3. The molecule has 104 valence electrons. The number of hydrogen-bond acceptors (Lipinski definition) is 6. The lowest BCUT2D eigenvalue weighted by Crippen LogP contribution is -2.18. The summed E-state index contributed by atoms with van der Waals surface area (Å²) in [6.07, 6.45) is 1.58. The van der Waals surface area contributed by atoms with Gasteiger partial charge >= 0.3 is 5.97 Å². The van der Waals surface area contributed by atoms with Gasteiger partial charge in [0.05, 0.1) is 5.56 Å². The van der Waals surface area contributed by atoms with Crippen LogP contribution in [0.5, 0.6) is 0 Å². The molecule has 1 heterocycles. The van der Waals surface area contributed by atoms with Crippen molar-refractivity contribution in [2.24, 2.45) is 0 Å². The van der Waals surface area contributed by atoms with Gasteiger partial charge in [-0.1, -0.05) is 0 Å². The van der Waals surface area contributed by atoms with Crippen LogP contribution in [0.3, 0.4) is 0 Å². The number of carboxylic acid groups (broad SMARTS) is 1. The maximum absolute atomic E-state index is 10.8. The lowest BCUT2D eigenvalue weighted by atomic mass is 10.2. The van der Waals surface area contributed by atoms with E-state index in [2.05, 4.69) is 9.97 Å². The molecule has 7 heteroatoms. The highest BCUT2D eigenvalue weighted by molar-refractivity contribution is 5.88. The molecule has 7 nitrogen and oxygen atoms in total. The average molecular weight is 273 g/mol. The summed E-state index contributed by atoms with van der Waals surface area (Å²) < 4.78 is 0. The van der Waals surface area contributed by atoms with Crippen LogP contribution in [0.4, 0.5) is 17.5 Å². The van der Waals surface area contributed by atoms with E-state index in [0.29, 0.717) is 12.4 Å². The Labute approximate surface area is 115 Å². The third-order valence-corrected chi connectivity index (χ3v) is 2.88. The van der Waals surface area contributed by atoms with Crippen molar-refractivity contribution in [1.82, 2.24) is 9.97 Å². The van der Waals surface area contributed by atoms with Gasteiger partial charge in [-0.05, 0) is 24.3 Å². The first-order valence-electron chi connectivity index (χ1n) is 5.88. The Kier molecular flexibility index (Phi) is 3.69. The summed E-state index contributed by atoms with van der Waals surface area (Å²) in [6, 6.07) is 6.57. The van der Waals surface area contributed by atoms with E-state index in [9.17, 15) is 4.79 Å². The van der Waals surface area contributed by atoms with Gasteiger partial charge in [0.25, 0.3) is 0 Å². The number of carboxylic acids is 1. The number of aromatic nitrogens is 2. The smallest absolute Gasteiger partial charge is 0.335 e. The standard InChI is InChI=1S/C13H15N5O2/c1-18(7-9-6-16-13(15)17-11(9)14)10-4-2-8(3-5-10)12(19)20/h2-6H,7H2,1H3,(H,19,20)(H4,14,15,16,17). The number of benzene rings is 1. The van der Waals surface area contributed by atoms with Gasteiger partial charge in [0, 0.05) is 31.0 Å². The van der Waals surface area contributed by atoms with Crippen molar-refractivity contribution in [3.8, 4) is 0 Å². The van der Waals surface area contributed by atoms with Crippen LogP contribution < -0.4 is 16.4 Å². The number of aromatic carboxylic acids is 1. The first kappa shape index (κ1) is 13.6. The van der Waals surface area contributed by atoms with Crippen molar-refractivity contribution in [3.63, 3.8) is 0 Å². The summed E-state index contributed by atoms with van der Waals surface area (Å²) in [5.74, 6) is -0.471. The van der Waals surface area contributed by atoms with Crippen LogP contribution in [0.2, 0.25) is 0 Å². The van der Waals surface area contributed by atoms with Crippen molar-refractivity contribution in [3.05, 3.63) is 41.6 Å². The Hall–Kier alpha value is -2.83. The Morgan fingerprint density at radius 2 is 1.95 bits per heavy atom. The van der Waals surface area contributed by atoms with Crippen LogP contribution in [-0.4, -0.2) is 28.1 Å². The van der Waals surface area contributed by atoms with Crippen LogP contribution in [0.1, 0.15) is 15.9 Å². The predicted molar refractivity (Wildman–Crippen MR) is 76.4 cm³/mol. The van der Waals surface area contributed by atoms with Crippen molar-refractivity contribution >= 4 is 23.4 Å². The van der Waals surface area contributed by atoms with Crippen molar-refractivity contribution < 1.29 is 9.90 Å². The van der Waals surface area contributed by atoms with E-state index in [1.54, 1.807) is 30.5 Å². The second-order valence-corrected chi connectivity index (χ2v) is 4.35. The van der Waals surface area contributed by atoms with E-state index in [-0.39, 0.29) is 11.5 Å². The normalized spacial score (nSPS) is 10.2. The average Bonchev–Trinajstić information content (AvgIpc) is 2.42. The molecule has 20 heavy (non-hydrogen) atoms. The van der Waals surface area contributed by atoms with Gasteiger partial charge in [-0.2, -0.15) is 4.98 Å². The van der Waals surface area contributed by atoms with Gasteiger partial charge in [0.1, 0.15) is 5.82 Å². The zero-order valence-corrected chi connectivity index (χ0v) is 10.9. The SMILES string of the molecule is CN(Cc1cnc(N)nc1N)c1ccc(C(=O)O)cc1. The molecule has 0 saturated carbocycles. The minimum Gasteiger partial charge on any atom is -0.478 e. The number of hydrogen-bond donors (Lipinski definition) is 3. The zero-order valence-electron chi connectivity index (χ0n) is 10.9. The molecule has 2 rings (SSSR count). The molecule has 0 aliphatic carbocycles. The maximum atomic E-state index is 10.8. The minimum atomic E-state index is -0.949. The number of carbonyl (C=O) groups is 1. The molecule has 2 aromatic rings. The molecule has 0 saturated heterocycles. The molecule has 0 aliphatic heterocycles. The third kappa shape index (κ3) is 2.94. The highest BCUT2D eigenvalue weighted by Crippen LogP contribution is 2.18. The number of nitrogens with two attached hydrogens (primary N) is 2. The van der Waals surface area contributed by atoms with E-state index in [0.717, 1.165) is 11.3 Å². The van der Waals surface area contributed by atoms with E-state index < -0.39 is 5.97 Å². The van der Waals surface area contributed by atoms with Gasteiger partial charge in [-0.3, -0.25) is 0 Å². The Balaban J connectivity index is 2.15. The molecular formula is C13H15N5O2. The molecule has 1 aromatic carbocycles. The topological polar surface area (TPSA) is 118 Å². The first-order valence-corrected chi connectivity index (χ1v) is 5.88. The number of rotatable bonds is 4. The Morgan fingerprint density at radius 1 is 1.30 bits per heavy atom. The van der Waals surface area contributed by atoms with Crippen molar-refractivity contribution in [1.29, 1.82) is 0 Å². The van der Waals surface area contributed by atoms with E-state index >= 15 is 0 Å². The third-order valence-electron chi connectivity index (χ3n) is 2.88. The van der Waals surface area contributed by atoms with Crippen LogP contribution in [0.25, 0.3) is 0 Å². The second-order valence-electron chi connectivity index (χ2n) is 4.35. The number of nitrogen functional groups attached to an aromatic ring is 2. The fourth-order valence-electron chi connectivity index (χ4n) is 1.76. The van der Waals surface area contributed by atoms with Crippen LogP contribution in [0, 0.1) is 0 Å².